The third kappa shape index (κ3) is 6.02. The monoisotopic (exact) mass is 369 g/mol. The lowest BCUT2D eigenvalue weighted by molar-refractivity contribution is -0.123. The SMILES string of the molecule is CCN(CC)c1ccc(/C=N\NC(=O)COc2cc(C)cc(C)c2)c(O)c1. The highest BCUT2D eigenvalue weighted by Crippen LogP contribution is 2.23. The maximum atomic E-state index is 11.9. The van der Waals surface area contributed by atoms with Gasteiger partial charge in [0.25, 0.3) is 5.91 Å². The van der Waals surface area contributed by atoms with Gasteiger partial charge in [-0.25, -0.2) is 5.43 Å². The molecule has 0 heterocycles. The number of hydrogen-bond donors (Lipinski definition) is 2. The number of amides is 1. The molecule has 144 valence electrons. The van der Waals surface area contributed by atoms with E-state index in [9.17, 15) is 9.90 Å². The second kappa shape index (κ2) is 9.62. The van der Waals surface area contributed by atoms with E-state index in [0.717, 1.165) is 29.9 Å². The molecule has 6 heteroatoms. The Morgan fingerprint density at radius 2 is 1.81 bits per heavy atom. The predicted octanol–water partition coefficient (Wildman–Crippen LogP) is 3.38. The Balaban J connectivity index is 1.89. The average Bonchev–Trinajstić information content (AvgIpc) is 2.62. The number of aryl methyl sites for hydroxylation is 2. The lowest BCUT2D eigenvalue weighted by Crippen LogP contribution is -2.24. The van der Waals surface area contributed by atoms with Gasteiger partial charge in [0.1, 0.15) is 11.5 Å². The minimum atomic E-state index is -0.371. The summed E-state index contributed by atoms with van der Waals surface area (Å²) in [6, 6.07) is 11.2. The van der Waals surface area contributed by atoms with Crippen molar-refractivity contribution in [1.29, 1.82) is 0 Å². The van der Waals surface area contributed by atoms with Gasteiger partial charge in [0.2, 0.25) is 0 Å². The first-order valence-corrected chi connectivity index (χ1v) is 9.03. The van der Waals surface area contributed by atoms with Crippen molar-refractivity contribution in [2.45, 2.75) is 27.7 Å². The molecule has 0 atom stereocenters. The molecule has 0 fully saturated rings. The maximum Gasteiger partial charge on any atom is 0.277 e. The van der Waals surface area contributed by atoms with Gasteiger partial charge in [-0.2, -0.15) is 5.10 Å². The summed E-state index contributed by atoms with van der Waals surface area (Å²) in [5, 5.41) is 14.0. The molecule has 0 saturated heterocycles. The number of carbonyl (C=O) groups excluding carboxylic acids is 1. The number of nitrogens with zero attached hydrogens (tertiary/aromatic N) is 2. The summed E-state index contributed by atoms with van der Waals surface area (Å²) in [7, 11) is 0. The van der Waals surface area contributed by atoms with Gasteiger partial charge in [0, 0.05) is 30.4 Å². The van der Waals surface area contributed by atoms with Gasteiger partial charge in [0.05, 0.1) is 6.21 Å². The number of anilines is 1. The first kappa shape index (κ1) is 20.3. The normalized spacial score (nSPS) is 10.8. The van der Waals surface area contributed by atoms with Crippen LogP contribution in [0.4, 0.5) is 5.69 Å². The average molecular weight is 369 g/mol. The van der Waals surface area contributed by atoms with Gasteiger partial charge in [-0.05, 0) is 63.1 Å². The topological polar surface area (TPSA) is 74.2 Å². The molecule has 0 aromatic heterocycles. The van der Waals surface area contributed by atoms with E-state index >= 15 is 0 Å². The van der Waals surface area contributed by atoms with Gasteiger partial charge in [-0.3, -0.25) is 4.79 Å². The highest BCUT2D eigenvalue weighted by molar-refractivity contribution is 5.86. The van der Waals surface area contributed by atoms with Crippen LogP contribution in [-0.4, -0.2) is 36.9 Å². The summed E-state index contributed by atoms with van der Waals surface area (Å²) in [5.41, 5.74) is 6.03. The summed E-state index contributed by atoms with van der Waals surface area (Å²) in [6.45, 7) is 9.66. The summed E-state index contributed by atoms with van der Waals surface area (Å²) >= 11 is 0. The van der Waals surface area contributed by atoms with E-state index in [0.29, 0.717) is 11.3 Å². The Hall–Kier alpha value is -3.02. The lowest BCUT2D eigenvalue weighted by atomic mass is 10.1. The number of hydrazone groups is 1. The minimum absolute atomic E-state index is 0.115. The van der Waals surface area contributed by atoms with Crippen LogP contribution in [0, 0.1) is 13.8 Å². The molecule has 2 rings (SSSR count). The first-order chi connectivity index (χ1) is 12.9. The molecule has 0 radical (unpaired) electrons. The van der Waals surface area contributed by atoms with Crippen LogP contribution < -0.4 is 15.1 Å². The van der Waals surface area contributed by atoms with Crippen LogP contribution in [0.1, 0.15) is 30.5 Å². The van der Waals surface area contributed by atoms with Crippen molar-refractivity contribution in [2.75, 3.05) is 24.6 Å². The molecule has 0 aliphatic heterocycles. The van der Waals surface area contributed by atoms with E-state index in [1.165, 1.54) is 6.21 Å². The van der Waals surface area contributed by atoms with Gasteiger partial charge in [-0.15, -0.1) is 0 Å². The third-order valence-electron chi connectivity index (χ3n) is 4.10. The molecular weight excluding hydrogens is 342 g/mol. The molecule has 0 spiro atoms. The highest BCUT2D eigenvalue weighted by atomic mass is 16.5. The van der Waals surface area contributed by atoms with Crippen LogP contribution in [0.5, 0.6) is 11.5 Å². The highest BCUT2D eigenvalue weighted by Gasteiger charge is 2.06. The van der Waals surface area contributed by atoms with Gasteiger partial charge < -0.3 is 14.7 Å². The van der Waals surface area contributed by atoms with Gasteiger partial charge >= 0.3 is 0 Å². The van der Waals surface area contributed by atoms with Crippen LogP contribution in [0.2, 0.25) is 0 Å². The molecule has 0 bridgehead atoms. The van der Waals surface area contributed by atoms with Crippen molar-refractivity contribution < 1.29 is 14.6 Å². The van der Waals surface area contributed by atoms with Crippen molar-refractivity contribution in [3.05, 3.63) is 53.1 Å². The standard InChI is InChI=1S/C21H27N3O3/c1-5-24(6-2)18-8-7-17(20(25)12-18)13-22-23-21(26)14-27-19-10-15(3)9-16(4)11-19/h7-13,25H,5-6,14H2,1-4H3,(H,23,26)/b22-13-. The molecule has 0 saturated carbocycles. The fourth-order valence-electron chi connectivity index (χ4n) is 2.80. The molecule has 2 aromatic carbocycles. The number of aromatic hydroxyl groups is 1. The van der Waals surface area contributed by atoms with Crippen molar-refractivity contribution in [3.63, 3.8) is 0 Å². The van der Waals surface area contributed by atoms with E-state index in [-0.39, 0.29) is 18.3 Å². The molecule has 2 aromatic rings. The number of nitrogens with one attached hydrogen (secondary N) is 1. The summed E-state index contributed by atoms with van der Waals surface area (Å²) in [4.78, 5) is 14.0. The quantitative estimate of drug-likeness (QED) is 0.553. The lowest BCUT2D eigenvalue weighted by Gasteiger charge is -2.21. The fourth-order valence-corrected chi connectivity index (χ4v) is 2.80. The Bertz CT molecular complexity index is 794. The van der Waals surface area contributed by atoms with Crippen molar-refractivity contribution in [2.24, 2.45) is 5.10 Å². The van der Waals surface area contributed by atoms with Crippen molar-refractivity contribution in [1.82, 2.24) is 5.43 Å². The predicted molar refractivity (Wildman–Crippen MR) is 109 cm³/mol. The molecule has 0 aliphatic rings. The van der Waals surface area contributed by atoms with Crippen molar-refractivity contribution in [3.8, 4) is 11.5 Å². The van der Waals surface area contributed by atoms with Crippen LogP contribution in [-0.2, 0) is 4.79 Å². The Labute approximate surface area is 160 Å². The van der Waals surface area contributed by atoms with Crippen LogP contribution in [0.25, 0.3) is 0 Å². The van der Waals surface area contributed by atoms with E-state index < -0.39 is 0 Å². The molecule has 2 N–H and O–H groups in total. The van der Waals surface area contributed by atoms with Gasteiger partial charge in [0.15, 0.2) is 6.61 Å². The number of hydrogen-bond acceptors (Lipinski definition) is 5. The Morgan fingerprint density at radius 3 is 2.41 bits per heavy atom. The zero-order valence-electron chi connectivity index (χ0n) is 16.3. The summed E-state index contributed by atoms with van der Waals surface area (Å²) in [5.74, 6) is 0.393. The van der Waals surface area contributed by atoms with Crippen LogP contribution in [0.15, 0.2) is 41.5 Å². The van der Waals surface area contributed by atoms with Crippen LogP contribution in [0.3, 0.4) is 0 Å². The molecule has 1 amide bonds. The first-order valence-electron chi connectivity index (χ1n) is 9.03. The van der Waals surface area contributed by atoms with Gasteiger partial charge in [-0.1, -0.05) is 6.07 Å². The van der Waals surface area contributed by atoms with Crippen molar-refractivity contribution >= 4 is 17.8 Å². The smallest absolute Gasteiger partial charge is 0.277 e. The molecule has 0 unspecified atom stereocenters. The second-order valence-electron chi connectivity index (χ2n) is 6.32. The number of carbonyl (C=O) groups is 1. The van der Waals surface area contributed by atoms with E-state index in [1.807, 2.05) is 38.1 Å². The zero-order chi connectivity index (χ0) is 19.8. The minimum Gasteiger partial charge on any atom is -0.507 e. The second-order valence-corrected chi connectivity index (χ2v) is 6.32. The maximum absolute atomic E-state index is 11.9. The Kier molecular flexibility index (Phi) is 7.23. The number of benzene rings is 2. The fraction of sp³-hybridized carbons (Fsp3) is 0.333. The number of phenolic OH excluding ortho intramolecular Hbond substituents is 1. The molecule has 6 nitrogen and oxygen atoms in total. The third-order valence-corrected chi connectivity index (χ3v) is 4.10. The number of rotatable bonds is 8. The molecule has 27 heavy (non-hydrogen) atoms. The largest absolute Gasteiger partial charge is 0.507 e. The van der Waals surface area contributed by atoms with E-state index in [4.69, 9.17) is 4.74 Å². The summed E-state index contributed by atoms with van der Waals surface area (Å²) in [6.07, 6.45) is 1.41. The summed E-state index contributed by atoms with van der Waals surface area (Å²) < 4.78 is 5.48. The zero-order valence-corrected chi connectivity index (χ0v) is 16.3. The number of ether oxygens (including phenoxy) is 1. The van der Waals surface area contributed by atoms with E-state index in [1.54, 1.807) is 12.1 Å². The molecule has 0 aliphatic carbocycles. The Morgan fingerprint density at radius 1 is 1.15 bits per heavy atom. The number of phenols is 1. The van der Waals surface area contributed by atoms with E-state index in [2.05, 4.69) is 29.3 Å². The van der Waals surface area contributed by atoms with Crippen LogP contribution >= 0.6 is 0 Å². The molecular formula is C21H27N3O3.